The molecule has 3 heteroatoms. The highest BCUT2D eigenvalue weighted by Gasteiger charge is 2.26. The molecule has 22 heavy (non-hydrogen) atoms. The Balaban J connectivity index is 1.53. The van der Waals surface area contributed by atoms with Crippen molar-refractivity contribution in [3.05, 3.63) is 29.8 Å². The van der Waals surface area contributed by atoms with E-state index in [-0.39, 0.29) is 0 Å². The van der Waals surface area contributed by atoms with Crippen molar-refractivity contribution in [2.75, 3.05) is 51.2 Å². The molecule has 0 unspecified atom stereocenters. The standard InChI is InChI=1S/C19H31N3/c1-16(2)17-4-6-18(7-5-17)21-12-14-22(15-13-21)19-8-10-20(3)11-9-19/h4-7,16,19H,8-15H2,1-3H3. The van der Waals surface area contributed by atoms with E-state index in [1.807, 2.05) is 0 Å². The molecule has 0 atom stereocenters. The third-order valence-corrected chi connectivity index (χ3v) is 5.44. The summed E-state index contributed by atoms with van der Waals surface area (Å²) in [5.74, 6) is 0.621. The lowest BCUT2D eigenvalue weighted by atomic mass is 10.0. The highest BCUT2D eigenvalue weighted by Crippen LogP contribution is 2.23. The monoisotopic (exact) mass is 301 g/mol. The van der Waals surface area contributed by atoms with Crippen LogP contribution >= 0.6 is 0 Å². The lowest BCUT2D eigenvalue weighted by Crippen LogP contribution is -2.53. The smallest absolute Gasteiger partial charge is 0.0367 e. The molecule has 0 saturated carbocycles. The molecule has 3 nitrogen and oxygen atoms in total. The van der Waals surface area contributed by atoms with E-state index in [0.29, 0.717) is 5.92 Å². The van der Waals surface area contributed by atoms with Crippen molar-refractivity contribution < 1.29 is 0 Å². The summed E-state index contributed by atoms with van der Waals surface area (Å²) in [6.45, 7) is 11.8. The number of benzene rings is 1. The number of piperazine rings is 1. The fourth-order valence-electron chi connectivity index (χ4n) is 3.78. The minimum Gasteiger partial charge on any atom is -0.369 e. The van der Waals surface area contributed by atoms with Crippen molar-refractivity contribution in [2.45, 2.75) is 38.6 Å². The van der Waals surface area contributed by atoms with E-state index >= 15 is 0 Å². The Morgan fingerprint density at radius 1 is 0.864 bits per heavy atom. The van der Waals surface area contributed by atoms with Gasteiger partial charge in [-0.2, -0.15) is 0 Å². The van der Waals surface area contributed by atoms with Crippen molar-refractivity contribution in [1.29, 1.82) is 0 Å². The zero-order chi connectivity index (χ0) is 15.5. The van der Waals surface area contributed by atoms with Crippen molar-refractivity contribution in [1.82, 2.24) is 9.80 Å². The molecule has 0 N–H and O–H groups in total. The zero-order valence-corrected chi connectivity index (χ0v) is 14.5. The van der Waals surface area contributed by atoms with Gasteiger partial charge in [-0.05, 0) is 56.6 Å². The Kier molecular flexibility index (Phi) is 5.04. The summed E-state index contributed by atoms with van der Waals surface area (Å²) in [5, 5.41) is 0. The molecule has 0 amide bonds. The maximum atomic E-state index is 2.73. The largest absolute Gasteiger partial charge is 0.369 e. The van der Waals surface area contributed by atoms with Crippen LogP contribution in [0.3, 0.4) is 0 Å². The highest BCUT2D eigenvalue weighted by atomic mass is 15.3. The van der Waals surface area contributed by atoms with Crippen LogP contribution in [0.25, 0.3) is 0 Å². The van der Waals surface area contributed by atoms with Crippen molar-refractivity contribution in [3.63, 3.8) is 0 Å². The normalized spacial score (nSPS) is 22.5. The lowest BCUT2D eigenvalue weighted by molar-refractivity contribution is 0.115. The van der Waals surface area contributed by atoms with Crippen LogP contribution in [0.1, 0.15) is 38.2 Å². The summed E-state index contributed by atoms with van der Waals surface area (Å²) >= 11 is 0. The van der Waals surface area contributed by atoms with Crippen LogP contribution in [0, 0.1) is 0 Å². The number of piperidine rings is 1. The van der Waals surface area contributed by atoms with Gasteiger partial charge in [0.15, 0.2) is 0 Å². The van der Waals surface area contributed by atoms with Gasteiger partial charge < -0.3 is 9.80 Å². The highest BCUT2D eigenvalue weighted by molar-refractivity contribution is 5.48. The van der Waals surface area contributed by atoms with Crippen LogP contribution in [0.15, 0.2) is 24.3 Å². The van der Waals surface area contributed by atoms with Crippen LogP contribution in [0.5, 0.6) is 0 Å². The van der Waals surface area contributed by atoms with E-state index in [2.05, 4.69) is 59.9 Å². The molecule has 1 aromatic carbocycles. The van der Waals surface area contributed by atoms with Crippen molar-refractivity contribution >= 4 is 5.69 Å². The third-order valence-electron chi connectivity index (χ3n) is 5.44. The number of hydrogen-bond acceptors (Lipinski definition) is 3. The molecule has 2 fully saturated rings. The average Bonchev–Trinajstić information content (AvgIpc) is 2.56. The maximum Gasteiger partial charge on any atom is 0.0367 e. The van der Waals surface area contributed by atoms with Gasteiger partial charge in [0, 0.05) is 37.9 Å². The minimum atomic E-state index is 0.621. The van der Waals surface area contributed by atoms with E-state index < -0.39 is 0 Å². The molecule has 2 aliphatic heterocycles. The molecule has 2 saturated heterocycles. The Bertz CT molecular complexity index is 452. The third kappa shape index (κ3) is 3.64. The van der Waals surface area contributed by atoms with E-state index in [4.69, 9.17) is 0 Å². The number of anilines is 1. The predicted molar refractivity (Wildman–Crippen MR) is 94.8 cm³/mol. The van der Waals surface area contributed by atoms with Gasteiger partial charge in [0.25, 0.3) is 0 Å². The second kappa shape index (κ2) is 7.01. The molecule has 1 aromatic rings. The van der Waals surface area contributed by atoms with Gasteiger partial charge in [0.1, 0.15) is 0 Å². The summed E-state index contributed by atoms with van der Waals surface area (Å²) in [4.78, 5) is 7.74. The molecule has 2 aliphatic rings. The number of rotatable bonds is 3. The molecule has 0 spiro atoms. The first-order chi connectivity index (χ1) is 10.6. The van der Waals surface area contributed by atoms with E-state index in [1.165, 1.54) is 63.4 Å². The molecule has 122 valence electrons. The second-order valence-electron chi connectivity index (χ2n) is 7.30. The fourth-order valence-corrected chi connectivity index (χ4v) is 3.78. The van der Waals surface area contributed by atoms with Gasteiger partial charge in [0.2, 0.25) is 0 Å². The summed E-state index contributed by atoms with van der Waals surface area (Å²) in [6.07, 6.45) is 2.69. The lowest BCUT2D eigenvalue weighted by Gasteiger charge is -2.42. The summed E-state index contributed by atoms with van der Waals surface area (Å²) < 4.78 is 0. The second-order valence-corrected chi connectivity index (χ2v) is 7.30. The Morgan fingerprint density at radius 2 is 1.45 bits per heavy atom. The van der Waals surface area contributed by atoms with Gasteiger partial charge in [-0.25, -0.2) is 0 Å². The first-order valence-corrected chi connectivity index (χ1v) is 8.91. The molecule has 3 rings (SSSR count). The Hall–Kier alpha value is -1.06. The predicted octanol–water partition coefficient (Wildman–Crippen LogP) is 3.03. The van der Waals surface area contributed by atoms with Crippen molar-refractivity contribution in [2.24, 2.45) is 0 Å². The van der Waals surface area contributed by atoms with E-state index in [0.717, 1.165) is 6.04 Å². The van der Waals surface area contributed by atoms with Crippen LogP contribution in [0.4, 0.5) is 5.69 Å². The van der Waals surface area contributed by atoms with Gasteiger partial charge in [-0.15, -0.1) is 0 Å². The van der Waals surface area contributed by atoms with Gasteiger partial charge in [0.05, 0.1) is 0 Å². The molecule has 2 heterocycles. The van der Waals surface area contributed by atoms with E-state index in [9.17, 15) is 0 Å². The first kappa shape index (κ1) is 15.8. The first-order valence-electron chi connectivity index (χ1n) is 8.91. The van der Waals surface area contributed by atoms with Crippen LogP contribution in [0.2, 0.25) is 0 Å². The molecule has 0 aromatic heterocycles. The average molecular weight is 301 g/mol. The summed E-state index contributed by atoms with van der Waals surface area (Å²) in [7, 11) is 2.25. The maximum absolute atomic E-state index is 2.73. The Morgan fingerprint density at radius 3 is 2.00 bits per heavy atom. The molecule has 0 bridgehead atoms. The fraction of sp³-hybridized carbons (Fsp3) is 0.684. The van der Waals surface area contributed by atoms with Gasteiger partial charge in [-0.3, -0.25) is 4.90 Å². The van der Waals surface area contributed by atoms with Crippen LogP contribution in [-0.4, -0.2) is 62.2 Å². The summed E-state index contributed by atoms with van der Waals surface area (Å²) in [6, 6.07) is 10.0. The van der Waals surface area contributed by atoms with Gasteiger partial charge >= 0.3 is 0 Å². The quantitative estimate of drug-likeness (QED) is 0.850. The van der Waals surface area contributed by atoms with Gasteiger partial charge in [-0.1, -0.05) is 26.0 Å². The van der Waals surface area contributed by atoms with Crippen LogP contribution < -0.4 is 4.90 Å². The number of nitrogens with zero attached hydrogens (tertiary/aromatic N) is 3. The minimum absolute atomic E-state index is 0.621. The molecular formula is C19H31N3. The molecule has 0 aliphatic carbocycles. The SMILES string of the molecule is CC(C)c1ccc(N2CCN(C3CCN(C)CC3)CC2)cc1. The molecular weight excluding hydrogens is 270 g/mol. The molecule has 0 radical (unpaired) electrons. The van der Waals surface area contributed by atoms with Crippen LogP contribution in [-0.2, 0) is 0 Å². The summed E-state index contributed by atoms with van der Waals surface area (Å²) in [5.41, 5.74) is 2.83. The zero-order valence-electron chi connectivity index (χ0n) is 14.5. The Labute approximate surface area is 135 Å². The number of likely N-dealkylation sites (tertiary alicyclic amines) is 1. The van der Waals surface area contributed by atoms with E-state index in [1.54, 1.807) is 0 Å². The number of hydrogen-bond donors (Lipinski definition) is 0. The topological polar surface area (TPSA) is 9.72 Å². The van der Waals surface area contributed by atoms with Crippen molar-refractivity contribution in [3.8, 4) is 0 Å².